The SMILES string of the molecule is Cn1cc([C@H](CC(=O)NCc2ccccc2)c2cccc(Oc3ccccc3)c2)c2ccccc21. The average molecular weight is 461 g/mol. The van der Waals surface area contributed by atoms with E-state index in [1.165, 1.54) is 0 Å². The van der Waals surface area contributed by atoms with Gasteiger partial charge in [0.05, 0.1) is 0 Å². The summed E-state index contributed by atoms with van der Waals surface area (Å²) < 4.78 is 8.23. The van der Waals surface area contributed by atoms with Crippen molar-refractivity contribution in [3.63, 3.8) is 0 Å². The monoisotopic (exact) mass is 460 g/mol. The van der Waals surface area contributed by atoms with Crippen molar-refractivity contribution in [2.24, 2.45) is 7.05 Å². The number of ether oxygens (including phenoxy) is 1. The third-order valence-corrected chi connectivity index (χ3v) is 6.26. The van der Waals surface area contributed by atoms with Gasteiger partial charge < -0.3 is 14.6 Å². The molecule has 1 N–H and O–H groups in total. The quantitative estimate of drug-likeness (QED) is 0.276. The van der Waals surface area contributed by atoms with Gasteiger partial charge in [-0.25, -0.2) is 0 Å². The first kappa shape index (κ1) is 22.5. The Morgan fingerprint density at radius 2 is 1.51 bits per heavy atom. The molecular weight excluding hydrogens is 432 g/mol. The van der Waals surface area contributed by atoms with Gasteiger partial charge in [-0.3, -0.25) is 4.79 Å². The van der Waals surface area contributed by atoms with E-state index in [1.807, 2.05) is 98.0 Å². The van der Waals surface area contributed by atoms with E-state index in [0.717, 1.165) is 39.1 Å². The number of para-hydroxylation sites is 2. The predicted octanol–water partition coefficient (Wildman–Crippen LogP) is 6.81. The van der Waals surface area contributed by atoms with Crippen LogP contribution in [0, 0.1) is 0 Å². The van der Waals surface area contributed by atoms with Gasteiger partial charge in [0.25, 0.3) is 0 Å². The normalized spacial score (nSPS) is 11.8. The average Bonchev–Trinajstić information content (AvgIpc) is 3.23. The van der Waals surface area contributed by atoms with Crippen LogP contribution in [0.5, 0.6) is 11.5 Å². The van der Waals surface area contributed by atoms with Gasteiger partial charge in [-0.1, -0.05) is 78.9 Å². The Bertz CT molecular complexity index is 1420. The Balaban J connectivity index is 1.46. The maximum absolute atomic E-state index is 13.1. The molecule has 1 heterocycles. The summed E-state index contributed by atoms with van der Waals surface area (Å²) in [5, 5.41) is 4.26. The smallest absolute Gasteiger partial charge is 0.221 e. The number of hydrogen-bond acceptors (Lipinski definition) is 2. The number of nitrogens with zero attached hydrogens (tertiary/aromatic N) is 1. The molecule has 0 radical (unpaired) electrons. The second-order valence-electron chi connectivity index (χ2n) is 8.72. The molecule has 4 aromatic carbocycles. The Morgan fingerprint density at radius 3 is 2.31 bits per heavy atom. The van der Waals surface area contributed by atoms with Crippen LogP contribution in [-0.2, 0) is 18.4 Å². The Hall–Kier alpha value is -4.31. The maximum Gasteiger partial charge on any atom is 0.221 e. The van der Waals surface area contributed by atoms with E-state index in [-0.39, 0.29) is 11.8 Å². The predicted molar refractivity (Wildman–Crippen MR) is 141 cm³/mol. The minimum Gasteiger partial charge on any atom is -0.457 e. The van der Waals surface area contributed by atoms with Gasteiger partial charge in [0.1, 0.15) is 11.5 Å². The first-order valence-corrected chi connectivity index (χ1v) is 11.8. The van der Waals surface area contributed by atoms with Crippen molar-refractivity contribution in [2.45, 2.75) is 18.9 Å². The number of benzene rings is 4. The van der Waals surface area contributed by atoms with Crippen LogP contribution in [-0.4, -0.2) is 10.5 Å². The van der Waals surface area contributed by atoms with Crippen molar-refractivity contribution < 1.29 is 9.53 Å². The van der Waals surface area contributed by atoms with Crippen molar-refractivity contribution in [2.75, 3.05) is 0 Å². The fourth-order valence-electron chi connectivity index (χ4n) is 4.53. The molecule has 5 aromatic rings. The number of hydrogen-bond donors (Lipinski definition) is 1. The second-order valence-corrected chi connectivity index (χ2v) is 8.72. The van der Waals surface area contributed by atoms with E-state index in [4.69, 9.17) is 4.74 Å². The fraction of sp³-hybridized carbons (Fsp3) is 0.129. The molecule has 174 valence electrons. The number of carbonyl (C=O) groups is 1. The molecule has 0 bridgehead atoms. The third-order valence-electron chi connectivity index (χ3n) is 6.26. The number of aryl methyl sites for hydroxylation is 1. The van der Waals surface area contributed by atoms with Crippen LogP contribution < -0.4 is 10.1 Å². The number of carbonyl (C=O) groups excluding carboxylic acids is 1. The van der Waals surface area contributed by atoms with Crippen molar-refractivity contribution >= 4 is 16.8 Å². The first-order valence-electron chi connectivity index (χ1n) is 11.8. The van der Waals surface area contributed by atoms with E-state index in [0.29, 0.717) is 13.0 Å². The van der Waals surface area contributed by atoms with Crippen molar-refractivity contribution in [1.29, 1.82) is 0 Å². The van der Waals surface area contributed by atoms with Gasteiger partial charge in [0.15, 0.2) is 0 Å². The summed E-state index contributed by atoms with van der Waals surface area (Å²) in [7, 11) is 2.05. The van der Waals surface area contributed by atoms with Gasteiger partial charge >= 0.3 is 0 Å². The van der Waals surface area contributed by atoms with E-state index < -0.39 is 0 Å². The zero-order valence-corrected chi connectivity index (χ0v) is 19.7. The highest BCUT2D eigenvalue weighted by molar-refractivity contribution is 5.86. The molecule has 0 spiro atoms. The van der Waals surface area contributed by atoms with Crippen LogP contribution >= 0.6 is 0 Å². The lowest BCUT2D eigenvalue weighted by atomic mass is 9.88. The fourth-order valence-corrected chi connectivity index (χ4v) is 4.53. The molecule has 1 aromatic heterocycles. The lowest BCUT2D eigenvalue weighted by Gasteiger charge is -2.18. The van der Waals surface area contributed by atoms with E-state index in [1.54, 1.807) is 0 Å². The van der Waals surface area contributed by atoms with Crippen LogP contribution in [0.1, 0.15) is 29.0 Å². The Kier molecular flexibility index (Phi) is 6.62. The molecular formula is C31H28N2O2. The zero-order valence-electron chi connectivity index (χ0n) is 19.7. The van der Waals surface area contributed by atoms with Crippen molar-refractivity contribution in [1.82, 2.24) is 9.88 Å². The molecule has 0 saturated carbocycles. The molecule has 35 heavy (non-hydrogen) atoms. The maximum atomic E-state index is 13.1. The van der Waals surface area contributed by atoms with Crippen LogP contribution in [0.15, 0.2) is 115 Å². The van der Waals surface area contributed by atoms with Gasteiger partial charge in [0, 0.05) is 43.0 Å². The number of nitrogens with one attached hydrogen (secondary N) is 1. The Labute approximate surface area is 205 Å². The minimum atomic E-state index is -0.115. The molecule has 4 nitrogen and oxygen atoms in total. The lowest BCUT2D eigenvalue weighted by molar-refractivity contribution is -0.121. The standard InChI is InChI=1S/C31H28N2O2/c1-33-22-29(27-17-8-9-18-30(27)33)28(20-31(34)32-21-23-11-4-2-5-12-23)24-13-10-16-26(19-24)35-25-14-6-3-7-15-25/h2-19,22,28H,20-21H2,1H3,(H,32,34)/t28-/m1/s1. The highest BCUT2D eigenvalue weighted by Crippen LogP contribution is 2.36. The van der Waals surface area contributed by atoms with Gasteiger partial charge in [-0.15, -0.1) is 0 Å². The molecule has 0 unspecified atom stereocenters. The van der Waals surface area contributed by atoms with Crippen molar-refractivity contribution in [3.05, 3.63) is 132 Å². The van der Waals surface area contributed by atoms with E-state index >= 15 is 0 Å². The molecule has 0 aliphatic heterocycles. The molecule has 0 aliphatic carbocycles. The van der Waals surface area contributed by atoms with Crippen LogP contribution in [0.2, 0.25) is 0 Å². The minimum absolute atomic E-state index is 0.0150. The summed E-state index contributed by atoms with van der Waals surface area (Å²) >= 11 is 0. The molecule has 5 rings (SSSR count). The molecule has 0 saturated heterocycles. The van der Waals surface area contributed by atoms with Crippen molar-refractivity contribution in [3.8, 4) is 11.5 Å². The summed E-state index contributed by atoms with van der Waals surface area (Å²) in [5.74, 6) is 1.44. The van der Waals surface area contributed by atoms with E-state index in [9.17, 15) is 4.79 Å². The lowest BCUT2D eigenvalue weighted by Crippen LogP contribution is -2.25. The number of aromatic nitrogens is 1. The van der Waals surface area contributed by atoms with Crippen LogP contribution in [0.3, 0.4) is 0 Å². The molecule has 1 atom stereocenters. The Morgan fingerprint density at radius 1 is 0.829 bits per heavy atom. The number of rotatable bonds is 8. The number of amides is 1. The van der Waals surface area contributed by atoms with Gasteiger partial charge in [-0.2, -0.15) is 0 Å². The van der Waals surface area contributed by atoms with Gasteiger partial charge in [-0.05, 0) is 47.0 Å². The molecule has 4 heteroatoms. The molecule has 0 fully saturated rings. The summed E-state index contributed by atoms with van der Waals surface area (Å²) in [5.41, 5.74) is 4.41. The summed E-state index contributed by atoms with van der Waals surface area (Å²) in [6, 6.07) is 36.1. The largest absolute Gasteiger partial charge is 0.457 e. The zero-order chi connectivity index (χ0) is 24.0. The number of fused-ring (bicyclic) bond motifs is 1. The molecule has 0 aliphatic rings. The van der Waals surface area contributed by atoms with Crippen LogP contribution in [0.25, 0.3) is 10.9 Å². The third kappa shape index (κ3) is 5.28. The first-order chi connectivity index (χ1) is 17.2. The summed E-state index contributed by atoms with van der Waals surface area (Å²) in [4.78, 5) is 13.1. The van der Waals surface area contributed by atoms with Crippen LogP contribution in [0.4, 0.5) is 0 Å². The summed E-state index contributed by atoms with van der Waals surface area (Å²) in [6.07, 6.45) is 2.49. The topological polar surface area (TPSA) is 43.3 Å². The van der Waals surface area contributed by atoms with E-state index in [2.05, 4.69) is 34.3 Å². The highest BCUT2D eigenvalue weighted by atomic mass is 16.5. The second kappa shape index (κ2) is 10.3. The van der Waals surface area contributed by atoms with Gasteiger partial charge in [0.2, 0.25) is 5.91 Å². The highest BCUT2D eigenvalue weighted by Gasteiger charge is 2.23. The summed E-state index contributed by atoms with van der Waals surface area (Å²) in [6.45, 7) is 0.513. The molecule has 1 amide bonds.